The number of rotatable bonds is 6. The van der Waals surface area contributed by atoms with Crippen LogP contribution < -0.4 is 0 Å². The molecule has 2 rings (SSSR count). The molecule has 1 N–H and O–H groups in total. The third-order valence-electron chi connectivity index (χ3n) is 3.51. The van der Waals surface area contributed by atoms with E-state index in [-0.39, 0.29) is 0 Å². The van der Waals surface area contributed by atoms with Gasteiger partial charge in [0.25, 0.3) is 0 Å². The van der Waals surface area contributed by atoms with Crippen molar-refractivity contribution < 1.29 is 9.84 Å². The number of aliphatic hydroxyl groups is 1. The Kier molecular flexibility index (Phi) is 5.33. The van der Waals surface area contributed by atoms with E-state index in [1.165, 1.54) is 5.56 Å². The highest BCUT2D eigenvalue weighted by molar-refractivity contribution is 5.28. The zero-order chi connectivity index (χ0) is 14.4. The second-order valence-electron chi connectivity index (χ2n) is 5.07. The molecule has 1 unspecified atom stereocenters. The van der Waals surface area contributed by atoms with Crippen LogP contribution in [0, 0.1) is 0 Å². The first-order chi connectivity index (χ1) is 9.72. The molecule has 2 nitrogen and oxygen atoms in total. The summed E-state index contributed by atoms with van der Waals surface area (Å²) in [5.41, 5.74) is 4.52. The van der Waals surface area contributed by atoms with Crippen LogP contribution in [0.3, 0.4) is 0 Å². The molecule has 20 heavy (non-hydrogen) atoms. The Labute approximate surface area is 121 Å². The van der Waals surface area contributed by atoms with E-state index in [2.05, 4.69) is 31.2 Å². The van der Waals surface area contributed by atoms with Crippen LogP contribution >= 0.6 is 0 Å². The molecule has 0 heterocycles. The molecule has 0 aromatic heterocycles. The van der Waals surface area contributed by atoms with Crippen molar-refractivity contribution >= 4 is 0 Å². The van der Waals surface area contributed by atoms with Crippen molar-refractivity contribution in [3.8, 4) is 0 Å². The lowest BCUT2D eigenvalue weighted by molar-refractivity contribution is 0.175. The van der Waals surface area contributed by atoms with Gasteiger partial charge in [-0.25, -0.2) is 0 Å². The second kappa shape index (κ2) is 7.22. The molecule has 0 fully saturated rings. The lowest BCUT2D eigenvalue weighted by Crippen LogP contribution is -2.03. The van der Waals surface area contributed by atoms with Gasteiger partial charge in [0.15, 0.2) is 0 Å². The van der Waals surface area contributed by atoms with Crippen LogP contribution in [0.25, 0.3) is 0 Å². The van der Waals surface area contributed by atoms with Crippen molar-refractivity contribution in [2.75, 3.05) is 7.11 Å². The Bertz CT molecular complexity index is 531. The molecule has 0 aliphatic heterocycles. The first-order valence-electron chi connectivity index (χ1n) is 7.06. The first-order valence-corrected chi connectivity index (χ1v) is 7.06. The quantitative estimate of drug-likeness (QED) is 0.867. The molecule has 1 atom stereocenters. The number of ether oxygens (including phenoxy) is 1. The predicted octanol–water partition coefficient (Wildman–Crippen LogP) is 3.67. The molecular weight excluding hydrogens is 248 g/mol. The summed E-state index contributed by atoms with van der Waals surface area (Å²) < 4.78 is 5.12. The molecular formula is C18H22O2. The Morgan fingerprint density at radius 3 is 2.35 bits per heavy atom. The summed E-state index contributed by atoms with van der Waals surface area (Å²) in [4.78, 5) is 0. The fraction of sp³-hybridized carbons (Fsp3) is 0.333. The van der Waals surface area contributed by atoms with E-state index in [0.29, 0.717) is 13.0 Å². The summed E-state index contributed by atoms with van der Waals surface area (Å²) >= 11 is 0. The van der Waals surface area contributed by atoms with Gasteiger partial charge in [-0.3, -0.25) is 0 Å². The Morgan fingerprint density at radius 2 is 1.70 bits per heavy atom. The van der Waals surface area contributed by atoms with Crippen LogP contribution in [-0.4, -0.2) is 12.2 Å². The number of hydrogen-bond acceptors (Lipinski definition) is 2. The van der Waals surface area contributed by atoms with Crippen molar-refractivity contribution in [3.05, 3.63) is 70.8 Å². The molecule has 0 amide bonds. The molecule has 2 heteroatoms. The Balaban J connectivity index is 2.06. The molecule has 0 aliphatic rings. The van der Waals surface area contributed by atoms with Crippen LogP contribution in [0.15, 0.2) is 48.5 Å². The molecule has 0 saturated heterocycles. The molecule has 0 spiro atoms. The van der Waals surface area contributed by atoms with Crippen LogP contribution in [0.4, 0.5) is 0 Å². The van der Waals surface area contributed by atoms with Gasteiger partial charge in [-0.1, -0.05) is 55.5 Å². The standard InChI is InChI=1S/C18H22O2/c1-3-14-7-9-15(10-8-14)12-18(19)17-6-4-5-16(11-17)13-20-2/h4-11,18-19H,3,12-13H2,1-2H3. The lowest BCUT2D eigenvalue weighted by Gasteiger charge is -2.13. The van der Waals surface area contributed by atoms with Crippen molar-refractivity contribution in [3.63, 3.8) is 0 Å². The van der Waals surface area contributed by atoms with Gasteiger partial charge in [0, 0.05) is 13.5 Å². The number of benzene rings is 2. The van der Waals surface area contributed by atoms with Crippen molar-refractivity contribution in [1.29, 1.82) is 0 Å². The zero-order valence-electron chi connectivity index (χ0n) is 12.2. The SMILES string of the molecule is CCc1ccc(CC(O)c2cccc(COC)c2)cc1. The maximum atomic E-state index is 10.4. The minimum Gasteiger partial charge on any atom is -0.388 e. The fourth-order valence-electron chi connectivity index (χ4n) is 2.31. The van der Waals surface area contributed by atoms with Gasteiger partial charge in [0.2, 0.25) is 0 Å². The van der Waals surface area contributed by atoms with Crippen LogP contribution in [-0.2, 0) is 24.2 Å². The average molecular weight is 270 g/mol. The summed E-state index contributed by atoms with van der Waals surface area (Å²) in [6.45, 7) is 2.72. The predicted molar refractivity (Wildman–Crippen MR) is 81.6 cm³/mol. The van der Waals surface area contributed by atoms with Gasteiger partial charge in [-0.2, -0.15) is 0 Å². The highest BCUT2D eigenvalue weighted by Crippen LogP contribution is 2.20. The first kappa shape index (κ1) is 14.8. The van der Waals surface area contributed by atoms with E-state index in [0.717, 1.165) is 23.1 Å². The van der Waals surface area contributed by atoms with Gasteiger partial charge < -0.3 is 9.84 Å². The molecule has 106 valence electrons. The summed E-state index contributed by atoms with van der Waals surface area (Å²) in [6, 6.07) is 16.4. The normalized spacial score (nSPS) is 12.3. The minimum atomic E-state index is -0.473. The Hall–Kier alpha value is -1.64. The topological polar surface area (TPSA) is 29.5 Å². The molecule has 0 radical (unpaired) electrons. The van der Waals surface area contributed by atoms with E-state index >= 15 is 0 Å². The number of hydrogen-bond donors (Lipinski definition) is 1. The van der Waals surface area contributed by atoms with Gasteiger partial charge >= 0.3 is 0 Å². The highest BCUT2D eigenvalue weighted by atomic mass is 16.5. The second-order valence-corrected chi connectivity index (χ2v) is 5.07. The fourth-order valence-corrected chi connectivity index (χ4v) is 2.31. The molecule has 0 saturated carbocycles. The zero-order valence-corrected chi connectivity index (χ0v) is 12.2. The average Bonchev–Trinajstić information content (AvgIpc) is 2.48. The number of methoxy groups -OCH3 is 1. The summed E-state index contributed by atoms with van der Waals surface area (Å²) in [5, 5.41) is 10.4. The third-order valence-corrected chi connectivity index (χ3v) is 3.51. The number of aliphatic hydroxyl groups excluding tert-OH is 1. The van der Waals surface area contributed by atoms with Crippen LogP contribution in [0.1, 0.15) is 35.3 Å². The van der Waals surface area contributed by atoms with E-state index in [1.54, 1.807) is 7.11 Å². The monoisotopic (exact) mass is 270 g/mol. The lowest BCUT2D eigenvalue weighted by atomic mass is 9.99. The van der Waals surface area contributed by atoms with E-state index in [1.807, 2.05) is 24.3 Å². The minimum absolute atomic E-state index is 0.473. The van der Waals surface area contributed by atoms with Crippen LogP contribution in [0.5, 0.6) is 0 Å². The maximum Gasteiger partial charge on any atom is 0.0830 e. The number of aryl methyl sites for hydroxylation is 1. The third kappa shape index (κ3) is 3.92. The summed E-state index contributed by atoms with van der Waals surface area (Å²) in [5.74, 6) is 0. The van der Waals surface area contributed by atoms with Gasteiger partial charge in [-0.15, -0.1) is 0 Å². The molecule has 2 aromatic rings. The largest absolute Gasteiger partial charge is 0.388 e. The van der Waals surface area contributed by atoms with E-state index in [9.17, 15) is 5.11 Å². The highest BCUT2D eigenvalue weighted by Gasteiger charge is 2.09. The van der Waals surface area contributed by atoms with Crippen molar-refractivity contribution in [2.45, 2.75) is 32.5 Å². The van der Waals surface area contributed by atoms with Gasteiger partial charge in [-0.05, 0) is 28.7 Å². The van der Waals surface area contributed by atoms with Crippen molar-refractivity contribution in [1.82, 2.24) is 0 Å². The summed E-state index contributed by atoms with van der Waals surface area (Å²) in [7, 11) is 1.68. The van der Waals surface area contributed by atoms with E-state index in [4.69, 9.17) is 4.74 Å². The summed E-state index contributed by atoms with van der Waals surface area (Å²) in [6.07, 6.45) is 1.21. The van der Waals surface area contributed by atoms with Gasteiger partial charge in [0.1, 0.15) is 0 Å². The van der Waals surface area contributed by atoms with E-state index < -0.39 is 6.10 Å². The Morgan fingerprint density at radius 1 is 1.00 bits per heavy atom. The molecule has 2 aromatic carbocycles. The molecule has 0 aliphatic carbocycles. The maximum absolute atomic E-state index is 10.4. The van der Waals surface area contributed by atoms with Crippen LogP contribution in [0.2, 0.25) is 0 Å². The van der Waals surface area contributed by atoms with Gasteiger partial charge in [0.05, 0.1) is 12.7 Å². The van der Waals surface area contributed by atoms with Crippen molar-refractivity contribution in [2.24, 2.45) is 0 Å². The molecule has 0 bridgehead atoms. The smallest absolute Gasteiger partial charge is 0.0830 e.